The molecule has 5 aromatic rings. The molecule has 156 valence electrons. The summed E-state index contributed by atoms with van der Waals surface area (Å²) in [6.45, 7) is 0.804. The van der Waals surface area contributed by atoms with Crippen molar-refractivity contribution in [1.29, 1.82) is 0 Å². The molecule has 0 spiro atoms. The first-order chi connectivity index (χ1) is 15.9. The third-order valence-electron chi connectivity index (χ3n) is 5.87. The van der Waals surface area contributed by atoms with E-state index in [4.69, 9.17) is 4.98 Å². The minimum Gasteiger partial charge on any atom is -0.304 e. The molecule has 0 saturated carbocycles. The topological polar surface area (TPSA) is 24.9 Å². The molecule has 1 aromatic heterocycles. The second-order valence-corrected chi connectivity index (χ2v) is 8.08. The Kier molecular flexibility index (Phi) is 6.04. The van der Waals surface area contributed by atoms with Crippen LogP contribution in [0.15, 0.2) is 121 Å². The van der Waals surface area contributed by atoms with Crippen LogP contribution in [0, 0.1) is 0 Å². The summed E-state index contributed by atoms with van der Waals surface area (Å²) in [6.07, 6.45) is 0.889. The number of rotatable bonds is 7. The smallest absolute Gasteiger partial charge is 0.0712 e. The van der Waals surface area contributed by atoms with Gasteiger partial charge in [0, 0.05) is 12.1 Å². The van der Waals surface area contributed by atoms with Gasteiger partial charge in [0.1, 0.15) is 0 Å². The van der Waals surface area contributed by atoms with Gasteiger partial charge in [-0.2, -0.15) is 0 Å². The summed E-state index contributed by atoms with van der Waals surface area (Å²) in [5, 5.41) is 6.22. The van der Waals surface area contributed by atoms with Crippen LogP contribution in [0.2, 0.25) is 0 Å². The summed E-state index contributed by atoms with van der Waals surface area (Å²) >= 11 is 0. The van der Waals surface area contributed by atoms with Crippen molar-refractivity contribution >= 4 is 10.8 Å². The Morgan fingerprint density at radius 1 is 0.594 bits per heavy atom. The van der Waals surface area contributed by atoms with E-state index in [1.807, 2.05) is 0 Å². The predicted molar refractivity (Wildman–Crippen MR) is 133 cm³/mol. The SMILES string of the molecule is c1ccc(CNC(Cc2ccccc2)c2cccc(-c3cccc4ccccc34)n2)cc1. The zero-order valence-corrected chi connectivity index (χ0v) is 18.0. The average molecular weight is 415 g/mol. The largest absolute Gasteiger partial charge is 0.304 e. The Morgan fingerprint density at radius 2 is 1.25 bits per heavy atom. The van der Waals surface area contributed by atoms with Gasteiger partial charge in [0.05, 0.1) is 17.4 Å². The third-order valence-corrected chi connectivity index (χ3v) is 5.87. The quantitative estimate of drug-likeness (QED) is 0.311. The molecule has 0 fully saturated rings. The van der Waals surface area contributed by atoms with Gasteiger partial charge < -0.3 is 5.32 Å². The molecule has 0 aliphatic heterocycles. The fourth-order valence-corrected chi connectivity index (χ4v) is 4.21. The first kappa shape index (κ1) is 20.2. The minimum atomic E-state index is 0.118. The molecule has 0 bridgehead atoms. The van der Waals surface area contributed by atoms with Gasteiger partial charge in [0.25, 0.3) is 0 Å². The Balaban J connectivity index is 1.49. The molecule has 32 heavy (non-hydrogen) atoms. The van der Waals surface area contributed by atoms with Crippen molar-refractivity contribution in [1.82, 2.24) is 10.3 Å². The van der Waals surface area contributed by atoms with E-state index >= 15 is 0 Å². The molecule has 0 aliphatic rings. The maximum atomic E-state index is 5.14. The van der Waals surface area contributed by atoms with Crippen LogP contribution in [0.4, 0.5) is 0 Å². The maximum absolute atomic E-state index is 5.14. The van der Waals surface area contributed by atoms with Gasteiger partial charge in [-0.05, 0) is 40.5 Å². The molecule has 1 N–H and O–H groups in total. The second-order valence-electron chi connectivity index (χ2n) is 8.08. The molecule has 2 heteroatoms. The van der Waals surface area contributed by atoms with Crippen LogP contribution in [0.1, 0.15) is 22.9 Å². The lowest BCUT2D eigenvalue weighted by molar-refractivity contribution is 0.519. The maximum Gasteiger partial charge on any atom is 0.0712 e. The number of fused-ring (bicyclic) bond motifs is 1. The monoisotopic (exact) mass is 414 g/mol. The molecule has 1 atom stereocenters. The van der Waals surface area contributed by atoms with Gasteiger partial charge in [-0.15, -0.1) is 0 Å². The van der Waals surface area contributed by atoms with E-state index in [9.17, 15) is 0 Å². The molecule has 0 saturated heterocycles. The van der Waals surface area contributed by atoms with E-state index < -0.39 is 0 Å². The molecular formula is C30H26N2. The Hall–Kier alpha value is -3.75. The summed E-state index contributed by atoms with van der Waals surface area (Å²) in [5.74, 6) is 0. The first-order valence-corrected chi connectivity index (χ1v) is 11.1. The third kappa shape index (κ3) is 4.61. The van der Waals surface area contributed by atoms with Crippen molar-refractivity contribution in [3.8, 4) is 11.3 Å². The lowest BCUT2D eigenvalue weighted by Gasteiger charge is -2.20. The fraction of sp³-hybridized carbons (Fsp3) is 0.100. The predicted octanol–water partition coefficient (Wildman–Crippen LogP) is 6.98. The van der Waals surface area contributed by atoms with Gasteiger partial charge in [-0.25, -0.2) is 0 Å². The number of nitrogens with zero attached hydrogens (tertiary/aromatic N) is 1. The van der Waals surface area contributed by atoms with Crippen molar-refractivity contribution in [2.45, 2.75) is 19.0 Å². The molecule has 1 unspecified atom stereocenters. The van der Waals surface area contributed by atoms with Gasteiger partial charge >= 0.3 is 0 Å². The molecule has 2 nitrogen and oxygen atoms in total. The Morgan fingerprint density at radius 3 is 2.06 bits per heavy atom. The van der Waals surface area contributed by atoms with Crippen LogP contribution in [0.3, 0.4) is 0 Å². The summed E-state index contributed by atoms with van der Waals surface area (Å²) < 4.78 is 0. The van der Waals surface area contributed by atoms with Gasteiger partial charge in [-0.3, -0.25) is 4.98 Å². The Bertz CT molecular complexity index is 1290. The second kappa shape index (κ2) is 9.59. The highest BCUT2D eigenvalue weighted by Crippen LogP contribution is 2.28. The molecule has 0 aliphatic carbocycles. The van der Waals surface area contributed by atoms with Crippen LogP contribution in [-0.4, -0.2) is 4.98 Å². The van der Waals surface area contributed by atoms with Gasteiger partial charge in [0.15, 0.2) is 0 Å². The zero-order valence-electron chi connectivity index (χ0n) is 18.0. The Labute approximate surface area is 189 Å². The molecule has 1 heterocycles. The standard InChI is InChI=1S/C30H26N2/c1-3-11-23(12-4-1)21-30(31-22-24-13-5-2-6-14-24)29-20-10-19-28(32-29)27-18-9-16-25-15-7-8-17-26(25)27/h1-20,30-31H,21-22H2. The van der Waals surface area contributed by atoms with Crippen LogP contribution in [0.25, 0.3) is 22.0 Å². The van der Waals surface area contributed by atoms with Crippen molar-refractivity contribution in [3.05, 3.63) is 138 Å². The molecule has 0 amide bonds. The normalized spacial score (nSPS) is 12.0. The molecular weight excluding hydrogens is 388 g/mol. The van der Waals surface area contributed by atoms with Gasteiger partial charge in [-0.1, -0.05) is 109 Å². The molecule has 0 radical (unpaired) electrons. The van der Waals surface area contributed by atoms with Crippen molar-refractivity contribution < 1.29 is 0 Å². The van der Waals surface area contributed by atoms with E-state index in [2.05, 4.69) is 127 Å². The number of pyridine rings is 1. The van der Waals surface area contributed by atoms with E-state index in [-0.39, 0.29) is 6.04 Å². The molecule has 5 rings (SSSR count). The number of hydrogen-bond donors (Lipinski definition) is 1. The van der Waals surface area contributed by atoms with Gasteiger partial charge in [0.2, 0.25) is 0 Å². The van der Waals surface area contributed by atoms with E-state index in [0.717, 1.165) is 24.4 Å². The summed E-state index contributed by atoms with van der Waals surface area (Å²) in [6, 6.07) is 42.6. The summed E-state index contributed by atoms with van der Waals surface area (Å²) in [5.41, 5.74) is 5.83. The van der Waals surface area contributed by atoms with Crippen LogP contribution < -0.4 is 5.32 Å². The average Bonchev–Trinajstić information content (AvgIpc) is 2.87. The lowest BCUT2D eigenvalue weighted by atomic mass is 9.99. The number of benzene rings is 4. The van der Waals surface area contributed by atoms with E-state index in [1.165, 1.54) is 27.5 Å². The first-order valence-electron chi connectivity index (χ1n) is 11.1. The fourth-order valence-electron chi connectivity index (χ4n) is 4.21. The van der Waals surface area contributed by atoms with E-state index in [0.29, 0.717) is 0 Å². The minimum absolute atomic E-state index is 0.118. The lowest BCUT2D eigenvalue weighted by Crippen LogP contribution is -2.24. The highest BCUT2D eigenvalue weighted by molar-refractivity contribution is 5.95. The van der Waals surface area contributed by atoms with Crippen LogP contribution in [-0.2, 0) is 13.0 Å². The van der Waals surface area contributed by atoms with Crippen molar-refractivity contribution in [3.63, 3.8) is 0 Å². The number of nitrogens with one attached hydrogen (secondary N) is 1. The van der Waals surface area contributed by atoms with Crippen molar-refractivity contribution in [2.24, 2.45) is 0 Å². The van der Waals surface area contributed by atoms with E-state index in [1.54, 1.807) is 0 Å². The van der Waals surface area contributed by atoms with Crippen LogP contribution >= 0.6 is 0 Å². The van der Waals surface area contributed by atoms with Crippen molar-refractivity contribution in [2.75, 3.05) is 0 Å². The highest BCUT2D eigenvalue weighted by Gasteiger charge is 2.15. The van der Waals surface area contributed by atoms with Crippen LogP contribution in [0.5, 0.6) is 0 Å². The highest BCUT2D eigenvalue weighted by atomic mass is 14.9. The zero-order chi connectivity index (χ0) is 21.6. The summed E-state index contributed by atoms with van der Waals surface area (Å²) in [4.78, 5) is 5.14. The number of aromatic nitrogens is 1. The molecule has 4 aromatic carbocycles. The summed E-state index contributed by atoms with van der Waals surface area (Å²) in [7, 11) is 0. The number of hydrogen-bond acceptors (Lipinski definition) is 2.